The van der Waals surface area contributed by atoms with E-state index >= 15 is 0 Å². The topological polar surface area (TPSA) is 99.9 Å². The number of aromatic amines is 1. The molecule has 1 aromatic carbocycles. The normalized spacial score (nSPS) is 14.9. The van der Waals surface area contributed by atoms with Crippen LogP contribution in [0.3, 0.4) is 0 Å². The molecular formula is C17H18N6O. The number of nitrogens with two attached hydrogens (primary N) is 1. The average Bonchev–Trinajstić information content (AvgIpc) is 2.62. The highest BCUT2D eigenvalue weighted by Gasteiger charge is 2.14. The first-order valence-corrected chi connectivity index (χ1v) is 7.93. The smallest absolute Gasteiger partial charge is 0.259 e. The Labute approximate surface area is 138 Å². The SMILES string of the molecule is Nc1nc(-c2ccc(N3CCNCC3)cc2)c2c(=O)[nH]ccc2n1. The third-order valence-electron chi connectivity index (χ3n) is 4.26. The Morgan fingerprint density at radius 1 is 1.04 bits per heavy atom. The lowest BCUT2D eigenvalue weighted by Gasteiger charge is -2.29. The molecule has 3 heterocycles. The van der Waals surface area contributed by atoms with Crippen LogP contribution in [0.25, 0.3) is 22.2 Å². The molecule has 7 nitrogen and oxygen atoms in total. The molecule has 0 unspecified atom stereocenters. The zero-order chi connectivity index (χ0) is 16.5. The second-order valence-corrected chi connectivity index (χ2v) is 5.78. The van der Waals surface area contributed by atoms with Crippen LogP contribution in [0.1, 0.15) is 0 Å². The van der Waals surface area contributed by atoms with Gasteiger partial charge in [0, 0.05) is 43.6 Å². The Balaban J connectivity index is 1.79. The van der Waals surface area contributed by atoms with E-state index in [1.807, 2.05) is 12.1 Å². The molecule has 4 rings (SSSR count). The molecule has 1 saturated heterocycles. The predicted octanol–water partition coefficient (Wildman–Crippen LogP) is 0.977. The summed E-state index contributed by atoms with van der Waals surface area (Å²) in [5, 5.41) is 3.80. The van der Waals surface area contributed by atoms with Gasteiger partial charge in [-0.05, 0) is 18.2 Å². The van der Waals surface area contributed by atoms with Gasteiger partial charge in [-0.1, -0.05) is 12.1 Å². The highest BCUT2D eigenvalue weighted by Crippen LogP contribution is 2.26. The van der Waals surface area contributed by atoms with Gasteiger partial charge in [-0.3, -0.25) is 4.79 Å². The number of H-pyrrole nitrogens is 1. The van der Waals surface area contributed by atoms with Crippen molar-refractivity contribution in [3.63, 3.8) is 0 Å². The molecule has 0 spiro atoms. The van der Waals surface area contributed by atoms with Crippen molar-refractivity contribution in [3.05, 3.63) is 46.9 Å². The van der Waals surface area contributed by atoms with E-state index in [2.05, 4.69) is 37.3 Å². The molecule has 24 heavy (non-hydrogen) atoms. The van der Waals surface area contributed by atoms with E-state index in [-0.39, 0.29) is 11.5 Å². The van der Waals surface area contributed by atoms with Crippen molar-refractivity contribution in [2.24, 2.45) is 0 Å². The fraction of sp³-hybridized carbons (Fsp3) is 0.235. The zero-order valence-corrected chi connectivity index (χ0v) is 13.1. The van der Waals surface area contributed by atoms with Crippen LogP contribution in [0.5, 0.6) is 0 Å². The van der Waals surface area contributed by atoms with Gasteiger partial charge in [-0.15, -0.1) is 0 Å². The van der Waals surface area contributed by atoms with Crippen LogP contribution in [-0.2, 0) is 0 Å². The molecule has 4 N–H and O–H groups in total. The molecule has 0 aliphatic carbocycles. The Morgan fingerprint density at radius 3 is 2.54 bits per heavy atom. The monoisotopic (exact) mass is 322 g/mol. The number of hydrogen-bond acceptors (Lipinski definition) is 6. The van der Waals surface area contributed by atoms with Crippen LogP contribution in [0, 0.1) is 0 Å². The van der Waals surface area contributed by atoms with E-state index in [0.717, 1.165) is 31.7 Å². The predicted molar refractivity (Wildman–Crippen MR) is 95.1 cm³/mol. The summed E-state index contributed by atoms with van der Waals surface area (Å²) >= 11 is 0. The molecule has 0 radical (unpaired) electrons. The van der Waals surface area contributed by atoms with E-state index in [1.165, 1.54) is 5.69 Å². The van der Waals surface area contributed by atoms with Crippen LogP contribution in [0.15, 0.2) is 41.3 Å². The van der Waals surface area contributed by atoms with Gasteiger partial charge in [0.25, 0.3) is 5.56 Å². The van der Waals surface area contributed by atoms with Crippen molar-refractivity contribution >= 4 is 22.5 Å². The average molecular weight is 322 g/mol. The van der Waals surface area contributed by atoms with Crippen molar-refractivity contribution < 1.29 is 0 Å². The van der Waals surface area contributed by atoms with Gasteiger partial charge < -0.3 is 20.9 Å². The number of piperazine rings is 1. The van der Waals surface area contributed by atoms with Gasteiger partial charge in [0.15, 0.2) is 0 Å². The van der Waals surface area contributed by atoms with Crippen LogP contribution in [-0.4, -0.2) is 41.1 Å². The molecule has 1 aliphatic heterocycles. The fourth-order valence-corrected chi connectivity index (χ4v) is 3.07. The molecule has 0 amide bonds. The van der Waals surface area contributed by atoms with Crippen molar-refractivity contribution in [1.29, 1.82) is 0 Å². The second-order valence-electron chi connectivity index (χ2n) is 5.78. The summed E-state index contributed by atoms with van der Waals surface area (Å²) in [6, 6.07) is 9.80. The number of fused-ring (bicyclic) bond motifs is 1. The highest BCUT2D eigenvalue weighted by molar-refractivity contribution is 5.92. The minimum absolute atomic E-state index is 0.161. The molecular weight excluding hydrogens is 304 g/mol. The lowest BCUT2D eigenvalue weighted by atomic mass is 10.1. The summed E-state index contributed by atoms with van der Waals surface area (Å²) in [5.74, 6) is 0.161. The number of benzene rings is 1. The van der Waals surface area contributed by atoms with Crippen molar-refractivity contribution in [3.8, 4) is 11.3 Å². The third kappa shape index (κ3) is 2.59. The van der Waals surface area contributed by atoms with Gasteiger partial charge in [0.05, 0.1) is 16.6 Å². The van der Waals surface area contributed by atoms with Crippen molar-refractivity contribution in [2.75, 3.05) is 36.8 Å². The van der Waals surface area contributed by atoms with Gasteiger partial charge in [-0.25, -0.2) is 9.97 Å². The number of nitrogens with one attached hydrogen (secondary N) is 2. The first kappa shape index (κ1) is 14.6. The first-order chi connectivity index (χ1) is 11.7. The summed E-state index contributed by atoms with van der Waals surface area (Å²) in [6.07, 6.45) is 1.56. The summed E-state index contributed by atoms with van der Waals surface area (Å²) in [6.45, 7) is 3.96. The number of nitrogens with zero attached hydrogens (tertiary/aromatic N) is 3. The molecule has 1 fully saturated rings. The lowest BCUT2D eigenvalue weighted by Crippen LogP contribution is -2.43. The maximum absolute atomic E-state index is 12.2. The molecule has 0 atom stereocenters. The standard InChI is InChI=1S/C17H18N6O/c18-17-21-13-5-6-20-16(24)14(13)15(22-17)11-1-3-12(4-2-11)23-9-7-19-8-10-23/h1-6,19H,7-10H2,(H,20,24)(H2,18,21,22). The minimum atomic E-state index is -0.214. The van der Waals surface area contributed by atoms with Gasteiger partial charge in [0.2, 0.25) is 5.95 Å². The molecule has 3 aromatic rings. The van der Waals surface area contributed by atoms with Crippen LogP contribution < -0.4 is 21.5 Å². The molecule has 2 aromatic heterocycles. The van der Waals surface area contributed by atoms with E-state index < -0.39 is 0 Å². The Hall–Kier alpha value is -2.93. The number of hydrogen-bond donors (Lipinski definition) is 3. The highest BCUT2D eigenvalue weighted by atomic mass is 16.1. The molecule has 1 aliphatic rings. The van der Waals surface area contributed by atoms with E-state index in [4.69, 9.17) is 5.73 Å². The first-order valence-electron chi connectivity index (χ1n) is 7.93. The Kier molecular flexibility index (Phi) is 3.62. The van der Waals surface area contributed by atoms with Crippen molar-refractivity contribution in [2.45, 2.75) is 0 Å². The molecule has 7 heteroatoms. The largest absolute Gasteiger partial charge is 0.369 e. The molecule has 0 saturated carbocycles. The maximum atomic E-state index is 12.2. The molecule has 122 valence electrons. The zero-order valence-electron chi connectivity index (χ0n) is 13.1. The van der Waals surface area contributed by atoms with Gasteiger partial charge in [-0.2, -0.15) is 0 Å². The van der Waals surface area contributed by atoms with Crippen molar-refractivity contribution in [1.82, 2.24) is 20.3 Å². The van der Waals surface area contributed by atoms with E-state index in [9.17, 15) is 4.79 Å². The summed E-state index contributed by atoms with van der Waals surface area (Å²) in [4.78, 5) is 25.7. The summed E-state index contributed by atoms with van der Waals surface area (Å²) in [7, 11) is 0. The summed E-state index contributed by atoms with van der Waals surface area (Å²) < 4.78 is 0. The van der Waals surface area contributed by atoms with Crippen LogP contribution in [0.4, 0.5) is 11.6 Å². The quantitative estimate of drug-likeness (QED) is 0.650. The number of anilines is 2. The third-order valence-corrected chi connectivity index (χ3v) is 4.26. The number of aromatic nitrogens is 3. The maximum Gasteiger partial charge on any atom is 0.259 e. The van der Waals surface area contributed by atoms with Crippen LogP contribution in [0.2, 0.25) is 0 Å². The fourth-order valence-electron chi connectivity index (χ4n) is 3.07. The van der Waals surface area contributed by atoms with Crippen LogP contribution >= 0.6 is 0 Å². The Morgan fingerprint density at radius 2 is 1.79 bits per heavy atom. The van der Waals surface area contributed by atoms with Gasteiger partial charge >= 0.3 is 0 Å². The number of pyridine rings is 1. The van der Waals surface area contributed by atoms with E-state index in [0.29, 0.717) is 16.6 Å². The molecule has 0 bridgehead atoms. The lowest BCUT2D eigenvalue weighted by molar-refractivity contribution is 0.589. The summed E-state index contributed by atoms with van der Waals surface area (Å²) in [5.41, 5.74) is 8.72. The second kappa shape index (κ2) is 5.93. The minimum Gasteiger partial charge on any atom is -0.369 e. The van der Waals surface area contributed by atoms with E-state index in [1.54, 1.807) is 12.3 Å². The number of rotatable bonds is 2. The number of nitrogen functional groups attached to an aromatic ring is 1. The Bertz CT molecular complexity index is 928. The van der Waals surface area contributed by atoms with Gasteiger partial charge in [0.1, 0.15) is 0 Å².